The van der Waals surface area contributed by atoms with E-state index in [4.69, 9.17) is 0 Å². The quantitative estimate of drug-likeness (QED) is 0.571. The number of nitrogens with one attached hydrogen (secondary N) is 2. The standard InChI is InChI=1S/C15H12N4O3/c1-16-12-7-6-9(19(21)22)8-11(12)14-17-13-5-3-2-4-10(13)15(20)18-14/h2-8,16H,1H3,(H,17,18,20). The van der Waals surface area contributed by atoms with Gasteiger partial charge >= 0.3 is 0 Å². The van der Waals surface area contributed by atoms with Crippen LogP contribution in [0.4, 0.5) is 11.4 Å². The number of nitro benzene ring substituents is 1. The second-order valence-electron chi connectivity index (χ2n) is 4.67. The maximum absolute atomic E-state index is 12.1. The molecule has 1 aromatic heterocycles. The van der Waals surface area contributed by atoms with Crippen LogP contribution in [0.2, 0.25) is 0 Å². The maximum atomic E-state index is 12.1. The number of hydrogen-bond donors (Lipinski definition) is 2. The summed E-state index contributed by atoms with van der Waals surface area (Å²) in [5.41, 5.74) is 1.30. The fraction of sp³-hybridized carbons (Fsp3) is 0.0667. The Kier molecular flexibility index (Phi) is 3.30. The summed E-state index contributed by atoms with van der Waals surface area (Å²) in [7, 11) is 1.70. The number of aromatic nitrogens is 2. The molecular weight excluding hydrogens is 284 g/mol. The third-order valence-corrected chi connectivity index (χ3v) is 3.35. The highest BCUT2D eigenvalue weighted by Crippen LogP contribution is 2.29. The van der Waals surface area contributed by atoms with E-state index in [1.165, 1.54) is 12.1 Å². The minimum Gasteiger partial charge on any atom is -0.388 e. The zero-order valence-corrected chi connectivity index (χ0v) is 11.7. The molecule has 0 radical (unpaired) electrons. The van der Waals surface area contributed by atoms with Crippen LogP contribution in [0.5, 0.6) is 0 Å². The summed E-state index contributed by atoms with van der Waals surface area (Å²) in [6.07, 6.45) is 0. The smallest absolute Gasteiger partial charge is 0.270 e. The van der Waals surface area contributed by atoms with Gasteiger partial charge in [-0.2, -0.15) is 0 Å². The zero-order valence-electron chi connectivity index (χ0n) is 11.7. The molecule has 2 aromatic carbocycles. The second kappa shape index (κ2) is 5.28. The lowest BCUT2D eigenvalue weighted by molar-refractivity contribution is -0.384. The van der Waals surface area contributed by atoms with Crippen molar-refractivity contribution in [3.63, 3.8) is 0 Å². The Morgan fingerprint density at radius 1 is 1.23 bits per heavy atom. The molecule has 0 bridgehead atoms. The van der Waals surface area contributed by atoms with Crippen LogP contribution >= 0.6 is 0 Å². The molecule has 0 unspecified atom stereocenters. The number of hydrogen-bond acceptors (Lipinski definition) is 5. The van der Waals surface area contributed by atoms with E-state index in [0.29, 0.717) is 22.2 Å². The number of para-hydroxylation sites is 1. The summed E-state index contributed by atoms with van der Waals surface area (Å²) in [5, 5.41) is 14.4. The molecule has 0 spiro atoms. The van der Waals surface area contributed by atoms with Crippen molar-refractivity contribution in [3.05, 3.63) is 62.9 Å². The van der Waals surface area contributed by atoms with E-state index in [1.54, 1.807) is 37.4 Å². The van der Waals surface area contributed by atoms with E-state index in [1.807, 2.05) is 0 Å². The number of fused-ring (bicyclic) bond motifs is 1. The first-order valence-electron chi connectivity index (χ1n) is 6.56. The number of rotatable bonds is 3. The highest BCUT2D eigenvalue weighted by atomic mass is 16.6. The number of anilines is 1. The fourth-order valence-electron chi connectivity index (χ4n) is 2.27. The zero-order chi connectivity index (χ0) is 15.7. The van der Waals surface area contributed by atoms with Gasteiger partial charge in [-0.15, -0.1) is 0 Å². The molecule has 22 heavy (non-hydrogen) atoms. The molecule has 7 heteroatoms. The molecule has 3 rings (SSSR count). The highest BCUT2D eigenvalue weighted by Gasteiger charge is 2.14. The van der Waals surface area contributed by atoms with Gasteiger partial charge in [-0.25, -0.2) is 4.98 Å². The van der Waals surface area contributed by atoms with Crippen molar-refractivity contribution >= 4 is 22.3 Å². The van der Waals surface area contributed by atoms with Crippen molar-refractivity contribution in [2.24, 2.45) is 0 Å². The van der Waals surface area contributed by atoms with Gasteiger partial charge in [-0.05, 0) is 18.2 Å². The number of benzene rings is 2. The molecule has 0 saturated heterocycles. The lowest BCUT2D eigenvalue weighted by Crippen LogP contribution is -2.10. The van der Waals surface area contributed by atoms with Gasteiger partial charge in [0.05, 0.1) is 15.8 Å². The molecule has 110 valence electrons. The molecule has 2 N–H and O–H groups in total. The molecule has 1 heterocycles. The summed E-state index contributed by atoms with van der Waals surface area (Å²) in [6.45, 7) is 0. The molecule has 3 aromatic rings. The first kappa shape index (κ1) is 13.7. The summed E-state index contributed by atoms with van der Waals surface area (Å²) < 4.78 is 0. The number of nitro groups is 1. The predicted molar refractivity (Wildman–Crippen MR) is 84.0 cm³/mol. The van der Waals surface area contributed by atoms with Crippen LogP contribution in [-0.2, 0) is 0 Å². The average molecular weight is 296 g/mol. The van der Waals surface area contributed by atoms with Gasteiger partial charge < -0.3 is 10.3 Å². The Bertz CT molecular complexity index is 933. The normalized spacial score (nSPS) is 10.6. The molecule has 0 amide bonds. The van der Waals surface area contributed by atoms with E-state index < -0.39 is 4.92 Å². The van der Waals surface area contributed by atoms with E-state index in [-0.39, 0.29) is 17.1 Å². The Hall–Kier alpha value is -3.22. The summed E-state index contributed by atoms with van der Waals surface area (Å²) in [4.78, 5) is 29.7. The number of aromatic amines is 1. The van der Waals surface area contributed by atoms with Gasteiger partial charge in [-0.3, -0.25) is 14.9 Å². The van der Waals surface area contributed by atoms with Crippen molar-refractivity contribution < 1.29 is 4.92 Å². The van der Waals surface area contributed by atoms with Crippen LogP contribution in [0, 0.1) is 10.1 Å². The fourth-order valence-corrected chi connectivity index (χ4v) is 2.27. The Morgan fingerprint density at radius 3 is 2.73 bits per heavy atom. The first-order valence-corrected chi connectivity index (χ1v) is 6.56. The third kappa shape index (κ3) is 2.28. The van der Waals surface area contributed by atoms with E-state index >= 15 is 0 Å². The summed E-state index contributed by atoms with van der Waals surface area (Å²) in [5.74, 6) is 0.289. The first-order chi connectivity index (χ1) is 10.6. The molecule has 0 saturated carbocycles. The van der Waals surface area contributed by atoms with Crippen LogP contribution in [0.25, 0.3) is 22.3 Å². The molecule has 0 aliphatic carbocycles. The molecule has 0 aliphatic heterocycles. The molecule has 7 nitrogen and oxygen atoms in total. The Morgan fingerprint density at radius 2 is 2.00 bits per heavy atom. The topological polar surface area (TPSA) is 101 Å². The van der Waals surface area contributed by atoms with E-state index in [2.05, 4.69) is 15.3 Å². The Balaban J connectivity index is 2.28. The lowest BCUT2D eigenvalue weighted by Gasteiger charge is -2.09. The maximum Gasteiger partial charge on any atom is 0.270 e. The minimum absolute atomic E-state index is 0.0650. The van der Waals surface area contributed by atoms with Gasteiger partial charge in [0.25, 0.3) is 11.2 Å². The van der Waals surface area contributed by atoms with Crippen LogP contribution in [0.3, 0.4) is 0 Å². The monoisotopic (exact) mass is 296 g/mol. The number of H-pyrrole nitrogens is 1. The minimum atomic E-state index is -0.484. The molecule has 0 aliphatic rings. The largest absolute Gasteiger partial charge is 0.388 e. The van der Waals surface area contributed by atoms with Crippen molar-refractivity contribution in [3.8, 4) is 11.4 Å². The molecule has 0 fully saturated rings. The highest BCUT2D eigenvalue weighted by molar-refractivity contribution is 5.82. The van der Waals surface area contributed by atoms with Crippen LogP contribution in [-0.4, -0.2) is 21.9 Å². The van der Waals surface area contributed by atoms with Crippen LogP contribution in [0.15, 0.2) is 47.3 Å². The van der Waals surface area contributed by atoms with E-state index in [9.17, 15) is 14.9 Å². The lowest BCUT2D eigenvalue weighted by atomic mass is 10.1. The van der Waals surface area contributed by atoms with Gasteiger partial charge in [0, 0.05) is 30.4 Å². The Labute approximate surface area is 124 Å². The van der Waals surface area contributed by atoms with Crippen molar-refractivity contribution in [1.29, 1.82) is 0 Å². The van der Waals surface area contributed by atoms with Gasteiger partial charge in [0.15, 0.2) is 0 Å². The summed E-state index contributed by atoms with van der Waals surface area (Å²) >= 11 is 0. The average Bonchev–Trinajstić information content (AvgIpc) is 2.54. The second-order valence-corrected chi connectivity index (χ2v) is 4.67. The van der Waals surface area contributed by atoms with Crippen LogP contribution in [0.1, 0.15) is 0 Å². The van der Waals surface area contributed by atoms with Gasteiger partial charge in [0.1, 0.15) is 5.82 Å². The van der Waals surface area contributed by atoms with Crippen molar-refractivity contribution in [2.75, 3.05) is 12.4 Å². The number of nitrogens with zero attached hydrogens (tertiary/aromatic N) is 2. The van der Waals surface area contributed by atoms with Crippen LogP contribution < -0.4 is 10.9 Å². The van der Waals surface area contributed by atoms with Crippen molar-refractivity contribution in [1.82, 2.24) is 9.97 Å². The SMILES string of the molecule is CNc1ccc([N+](=O)[O-])cc1-c1nc2ccccc2c(=O)[nH]1. The van der Waals surface area contributed by atoms with E-state index in [0.717, 1.165) is 0 Å². The third-order valence-electron chi connectivity index (χ3n) is 3.35. The van der Waals surface area contributed by atoms with Crippen molar-refractivity contribution in [2.45, 2.75) is 0 Å². The molecule has 0 atom stereocenters. The molecular formula is C15H12N4O3. The summed E-state index contributed by atoms with van der Waals surface area (Å²) in [6, 6.07) is 11.3. The predicted octanol–water partition coefficient (Wildman–Crippen LogP) is 2.54. The van der Waals surface area contributed by atoms with Gasteiger partial charge in [-0.1, -0.05) is 12.1 Å². The number of non-ortho nitro benzene ring substituents is 1. The van der Waals surface area contributed by atoms with Gasteiger partial charge in [0.2, 0.25) is 0 Å².